The monoisotopic (exact) mass is 444 g/mol. The zero-order valence-electron chi connectivity index (χ0n) is 19.0. The molecule has 3 N–H and O–H groups in total. The van der Waals surface area contributed by atoms with Crippen molar-refractivity contribution in [3.05, 3.63) is 41.5 Å². The third kappa shape index (κ3) is 9.64. The Hall–Kier alpha value is -2.67. The van der Waals surface area contributed by atoms with Crippen molar-refractivity contribution < 1.29 is 24.6 Å². The van der Waals surface area contributed by atoms with Crippen molar-refractivity contribution in [1.29, 1.82) is 0 Å². The third-order valence-corrected chi connectivity index (χ3v) is 6.03. The first kappa shape index (κ1) is 25.6. The highest BCUT2D eigenvalue weighted by Gasteiger charge is 2.26. The lowest BCUT2D eigenvalue weighted by molar-refractivity contribution is -0.159. The predicted octanol–water partition coefficient (Wildman–Crippen LogP) is 3.80. The predicted molar refractivity (Wildman–Crippen MR) is 124 cm³/mol. The van der Waals surface area contributed by atoms with Crippen molar-refractivity contribution in [1.82, 2.24) is 10.2 Å². The molecule has 0 unspecified atom stereocenters. The van der Waals surface area contributed by atoms with Gasteiger partial charge >= 0.3 is 11.9 Å². The average molecular weight is 445 g/mol. The van der Waals surface area contributed by atoms with E-state index < -0.39 is 11.9 Å². The van der Waals surface area contributed by atoms with Gasteiger partial charge in [0.2, 0.25) is 5.91 Å². The van der Waals surface area contributed by atoms with E-state index in [0.717, 1.165) is 32.5 Å². The smallest absolute Gasteiger partial charge is 0.414 e. The summed E-state index contributed by atoms with van der Waals surface area (Å²) in [4.78, 5) is 33.3. The van der Waals surface area contributed by atoms with Crippen molar-refractivity contribution in [2.24, 2.45) is 5.92 Å². The molecule has 2 aliphatic rings. The minimum Gasteiger partial charge on any atom is -0.473 e. The standard InChI is InChI=1S/C23H34N2O.C2H2O4/c1-19(17-20-9-5-4-6-10-20)18-25-15-13-21(14-16-25)23(26)24-22-11-7-2-3-8-12-22;3-1(4)2(5)6/h4-6,9-10,17,21-22H,2-3,7-8,11-16,18H2,1H3,(H,24,26);(H,3,4)(H,5,6)/b19-17+;. The summed E-state index contributed by atoms with van der Waals surface area (Å²) >= 11 is 0. The van der Waals surface area contributed by atoms with Gasteiger partial charge in [-0.15, -0.1) is 0 Å². The first-order chi connectivity index (χ1) is 15.3. The molecule has 1 heterocycles. The Morgan fingerprint density at radius 3 is 2.03 bits per heavy atom. The molecular weight excluding hydrogens is 408 g/mol. The molecule has 0 spiro atoms. The van der Waals surface area contributed by atoms with Crippen molar-refractivity contribution in [3.8, 4) is 0 Å². The third-order valence-electron chi connectivity index (χ3n) is 6.03. The Bertz CT molecular complexity index is 750. The maximum absolute atomic E-state index is 12.6. The van der Waals surface area contributed by atoms with Gasteiger partial charge in [-0.25, -0.2) is 9.59 Å². The summed E-state index contributed by atoms with van der Waals surface area (Å²) in [6.45, 7) is 5.27. The summed E-state index contributed by atoms with van der Waals surface area (Å²) in [6, 6.07) is 10.9. The van der Waals surface area contributed by atoms with Gasteiger partial charge in [-0.1, -0.05) is 67.7 Å². The largest absolute Gasteiger partial charge is 0.473 e. The topological polar surface area (TPSA) is 107 Å². The quantitative estimate of drug-likeness (QED) is 0.471. The number of nitrogens with zero attached hydrogens (tertiary/aromatic N) is 1. The number of rotatable bonds is 5. The number of carboxylic acids is 2. The van der Waals surface area contributed by atoms with Gasteiger partial charge in [0.15, 0.2) is 0 Å². The summed E-state index contributed by atoms with van der Waals surface area (Å²) in [5.74, 6) is -3.12. The van der Waals surface area contributed by atoms with Crippen LogP contribution in [0.5, 0.6) is 0 Å². The molecule has 1 amide bonds. The molecule has 1 aliphatic heterocycles. The molecule has 32 heavy (non-hydrogen) atoms. The Labute approximate surface area is 190 Å². The van der Waals surface area contributed by atoms with Gasteiger partial charge in [0.25, 0.3) is 0 Å². The van der Waals surface area contributed by atoms with E-state index >= 15 is 0 Å². The van der Waals surface area contributed by atoms with Gasteiger partial charge < -0.3 is 15.5 Å². The van der Waals surface area contributed by atoms with E-state index in [9.17, 15) is 4.79 Å². The minimum atomic E-state index is -1.82. The molecule has 0 radical (unpaired) electrons. The highest BCUT2D eigenvalue weighted by atomic mass is 16.4. The second-order valence-electron chi connectivity index (χ2n) is 8.76. The molecule has 1 saturated heterocycles. The maximum Gasteiger partial charge on any atom is 0.414 e. The highest BCUT2D eigenvalue weighted by molar-refractivity contribution is 6.27. The van der Waals surface area contributed by atoms with E-state index in [1.807, 2.05) is 0 Å². The lowest BCUT2D eigenvalue weighted by Crippen LogP contribution is -2.44. The van der Waals surface area contributed by atoms with Crippen LogP contribution in [0.15, 0.2) is 35.9 Å². The number of piperidine rings is 1. The number of aliphatic carboxylic acids is 2. The molecule has 3 rings (SSSR count). The van der Waals surface area contributed by atoms with E-state index in [0.29, 0.717) is 11.9 Å². The number of carbonyl (C=O) groups is 3. The van der Waals surface area contributed by atoms with Gasteiger partial charge in [0.1, 0.15) is 0 Å². The van der Waals surface area contributed by atoms with Crippen LogP contribution in [0.25, 0.3) is 6.08 Å². The molecule has 1 saturated carbocycles. The van der Waals surface area contributed by atoms with Crippen LogP contribution < -0.4 is 5.32 Å². The Morgan fingerprint density at radius 1 is 0.938 bits per heavy atom. The lowest BCUT2D eigenvalue weighted by atomic mass is 9.94. The Kier molecular flexibility index (Phi) is 10.9. The van der Waals surface area contributed by atoms with E-state index in [-0.39, 0.29) is 5.92 Å². The lowest BCUT2D eigenvalue weighted by Gasteiger charge is -2.32. The molecule has 2 fully saturated rings. The molecule has 7 heteroatoms. The number of carbonyl (C=O) groups excluding carboxylic acids is 1. The number of likely N-dealkylation sites (tertiary alicyclic amines) is 1. The summed E-state index contributed by atoms with van der Waals surface area (Å²) in [6.07, 6.45) is 11.8. The fourth-order valence-corrected chi connectivity index (χ4v) is 4.33. The zero-order valence-corrected chi connectivity index (χ0v) is 19.0. The zero-order chi connectivity index (χ0) is 23.3. The van der Waals surface area contributed by atoms with Crippen molar-refractivity contribution in [2.75, 3.05) is 19.6 Å². The molecule has 7 nitrogen and oxygen atoms in total. The normalized spacial score (nSPS) is 18.7. The first-order valence-corrected chi connectivity index (χ1v) is 11.6. The number of nitrogens with one attached hydrogen (secondary N) is 1. The number of carboxylic acid groups (broad SMARTS) is 2. The van der Waals surface area contributed by atoms with Crippen LogP contribution in [0.1, 0.15) is 63.9 Å². The number of hydrogen-bond donors (Lipinski definition) is 3. The molecule has 176 valence electrons. The molecular formula is C25H36N2O5. The number of hydrogen-bond acceptors (Lipinski definition) is 4. The fraction of sp³-hybridized carbons (Fsp3) is 0.560. The van der Waals surface area contributed by atoms with Crippen molar-refractivity contribution >= 4 is 23.9 Å². The molecule has 1 aromatic carbocycles. The van der Waals surface area contributed by atoms with E-state index in [1.165, 1.54) is 49.7 Å². The SMILES string of the molecule is C/C(=C\c1ccccc1)CN1CCC(C(=O)NC2CCCCCC2)CC1.O=C(O)C(=O)O. The highest BCUT2D eigenvalue weighted by Crippen LogP contribution is 2.21. The first-order valence-electron chi connectivity index (χ1n) is 11.6. The number of amides is 1. The number of benzene rings is 1. The second-order valence-corrected chi connectivity index (χ2v) is 8.76. The molecule has 1 aliphatic carbocycles. The molecule has 0 aromatic heterocycles. The van der Waals surface area contributed by atoms with Crippen LogP contribution in [-0.2, 0) is 14.4 Å². The van der Waals surface area contributed by atoms with Crippen molar-refractivity contribution in [3.63, 3.8) is 0 Å². The van der Waals surface area contributed by atoms with E-state index in [4.69, 9.17) is 19.8 Å². The van der Waals surface area contributed by atoms with E-state index in [2.05, 4.69) is 53.5 Å². The van der Waals surface area contributed by atoms with E-state index in [1.54, 1.807) is 0 Å². The maximum atomic E-state index is 12.6. The van der Waals surface area contributed by atoms with Crippen molar-refractivity contribution in [2.45, 2.75) is 64.3 Å². The van der Waals surface area contributed by atoms with Gasteiger partial charge in [0.05, 0.1) is 0 Å². The van der Waals surface area contributed by atoms with Gasteiger partial charge in [-0.05, 0) is 51.3 Å². The Morgan fingerprint density at radius 2 is 1.50 bits per heavy atom. The summed E-state index contributed by atoms with van der Waals surface area (Å²) < 4.78 is 0. The Balaban J connectivity index is 0.000000534. The van der Waals surface area contributed by atoms with Gasteiger partial charge in [0, 0.05) is 18.5 Å². The van der Waals surface area contributed by atoms with Crippen LogP contribution in [0.4, 0.5) is 0 Å². The molecule has 1 aromatic rings. The minimum absolute atomic E-state index is 0.216. The van der Waals surface area contributed by atoms with Crippen LogP contribution in [0.3, 0.4) is 0 Å². The summed E-state index contributed by atoms with van der Waals surface area (Å²) in [5.41, 5.74) is 2.65. The summed E-state index contributed by atoms with van der Waals surface area (Å²) in [7, 11) is 0. The van der Waals surface area contributed by atoms with Gasteiger partial charge in [-0.3, -0.25) is 9.69 Å². The van der Waals surface area contributed by atoms with Gasteiger partial charge in [-0.2, -0.15) is 0 Å². The second kappa shape index (κ2) is 13.7. The van der Waals surface area contributed by atoms with Crippen LogP contribution >= 0.6 is 0 Å². The summed E-state index contributed by atoms with van der Waals surface area (Å²) in [5, 5.41) is 18.1. The van der Waals surface area contributed by atoms with Crippen LogP contribution in [0.2, 0.25) is 0 Å². The molecule has 0 atom stereocenters. The average Bonchev–Trinajstić information content (AvgIpc) is 3.04. The molecule has 0 bridgehead atoms. The van der Waals surface area contributed by atoms with Crippen LogP contribution in [-0.4, -0.2) is 58.6 Å². The fourth-order valence-electron chi connectivity index (χ4n) is 4.33. The van der Waals surface area contributed by atoms with Crippen LogP contribution in [0, 0.1) is 5.92 Å².